The van der Waals surface area contributed by atoms with E-state index in [1.807, 2.05) is 18.2 Å². The number of aromatic nitrogens is 1. The highest BCUT2D eigenvalue weighted by molar-refractivity contribution is 7.14. The molecule has 1 aromatic carbocycles. The van der Waals surface area contributed by atoms with E-state index >= 15 is 0 Å². The number of rotatable bonds is 6. The Morgan fingerprint density at radius 2 is 2.05 bits per heavy atom. The number of esters is 1. The molecule has 1 amide bonds. The molecule has 0 unspecified atom stereocenters. The summed E-state index contributed by atoms with van der Waals surface area (Å²) in [7, 11) is 0. The quantitative estimate of drug-likeness (QED) is 0.829. The Morgan fingerprint density at radius 1 is 1.29 bits per heavy atom. The van der Waals surface area contributed by atoms with Gasteiger partial charge in [-0.05, 0) is 19.1 Å². The number of amides is 1. The second-order valence-electron chi connectivity index (χ2n) is 3.91. The maximum Gasteiger partial charge on any atom is 0.357 e. The van der Waals surface area contributed by atoms with Gasteiger partial charge < -0.3 is 9.47 Å². The van der Waals surface area contributed by atoms with Gasteiger partial charge in [0.15, 0.2) is 17.4 Å². The minimum atomic E-state index is -0.505. The van der Waals surface area contributed by atoms with Gasteiger partial charge in [0.05, 0.1) is 6.61 Å². The smallest absolute Gasteiger partial charge is 0.357 e. The first-order valence-corrected chi connectivity index (χ1v) is 7.17. The molecule has 0 saturated carbocycles. The van der Waals surface area contributed by atoms with E-state index < -0.39 is 5.97 Å². The summed E-state index contributed by atoms with van der Waals surface area (Å²) in [5.41, 5.74) is 0.182. The zero-order valence-electron chi connectivity index (χ0n) is 11.4. The molecular formula is C14H14N2O4S. The molecule has 0 fully saturated rings. The van der Waals surface area contributed by atoms with Gasteiger partial charge in [0, 0.05) is 5.38 Å². The second-order valence-corrected chi connectivity index (χ2v) is 4.77. The van der Waals surface area contributed by atoms with Crippen LogP contribution in [0.5, 0.6) is 5.75 Å². The van der Waals surface area contributed by atoms with Crippen molar-refractivity contribution >= 4 is 28.3 Å². The van der Waals surface area contributed by atoms with E-state index in [1.54, 1.807) is 19.1 Å². The summed E-state index contributed by atoms with van der Waals surface area (Å²) < 4.78 is 10.1. The molecular weight excluding hydrogens is 292 g/mol. The van der Waals surface area contributed by atoms with Crippen molar-refractivity contribution < 1.29 is 19.1 Å². The minimum absolute atomic E-state index is 0.127. The Hall–Kier alpha value is -2.41. The van der Waals surface area contributed by atoms with Crippen LogP contribution in [0.4, 0.5) is 5.13 Å². The lowest BCUT2D eigenvalue weighted by Gasteiger charge is -2.05. The van der Waals surface area contributed by atoms with Gasteiger partial charge in [-0.15, -0.1) is 11.3 Å². The monoisotopic (exact) mass is 306 g/mol. The molecule has 0 aliphatic heterocycles. The van der Waals surface area contributed by atoms with Crippen molar-refractivity contribution in [1.82, 2.24) is 4.98 Å². The van der Waals surface area contributed by atoms with E-state index in [0.717, 1.165) is 11.3 Å². The van der Waals surface area contributed by atoms with Crippen molar-refractivity contribution in [2.24, 2.45) is 0 Å². The Balaban J connectivity index is 1.84. The summed E-state index contributed by atoms with van der Waals surface area (Å²) in [4.78, 5) is 27.1. The predicted octanol–water partition coefficient (Wildman–Crippen LogP) is 2.34. The fourth-order valence-electron chi connectivity index (χ4n) is 1.45. The number of hydrogen-bond donors (Lipinski definition) is 1. The van der Waals surface area contributed by atoms with E-state index in [-0.39, 0.29) is 24.8 Å². The molecule has 0 radical (unpaired) electrons. The van der Waals surface area contributed by atoms with Crippen LogP contribution in [0.2, 0.25) is 0 Å². The molecule has 0 aliphatic carbocycles. The van der Waals surface area contributed by atoms with Crippen molar-refractivity contribution in [3.05, 3.63) is 41.4 Å². The topological polar surface area (TPSA) is 77.5 Å². The number of thiazole rings is 1. The van der Waals surface area contributed by atoms with Crippen LogP contribution in [0.15, 0.2) is 35.7 Å². The minimum Gasteiger partial charge on any atom is -0.484 e. The average molecular weight is 306 g/mol. The highest BCUT2D eigenvalue weighted by atomic mass is 32.1. The molecule has 0 aliphatic rings. The number of ether oxygens (including phenoxy) is 2. The number of carbonyl (C=O) groups is 2. The van der Waals surface area contributed by atoms with Gasteiger partial charge in [-0.25, -0.2) is 9.78 Å². The molecule has 21 heavy (non-hydrogen) atoms. The lowest BCUT2D eigenvalue weighted by molar-refractivity contribution is -0.118. The lowest BCUT2D eigenvalue weighted by atomic mass is 10.3. The van der Waals surface area contributed by atoms with E-state index in [4.69, 9.17) is 9.47 Å². The number of benzene rings is 1. The highest BCUT2D eigenvalue weighted by Gasteiger charge is 2.13. The maximum absolute atomic E-state index is 11.7. The number of hydrogen-bond acceptors (Lipinski definition) is 6. The molecule has 1 N–H and O–H groups in total. The third kappa shape index (κ3) is 4.57. The van der Waals surface area contributed by atoms with Gasteiger partial charge in [0.1, 0.15) is 5.75 Å². The van der Waals surface area contributed by atoms with Crippen LogP contribution in [0.25, 0.3) is 0 Å². The van der Waals surface area contributed by atoms with Gasteiger partial charge in [-0.1, -0.05) is 18.2 Å². The SMILES string of the molecule is CCOC(=O)c1csc(NC(=O)COc2ccccc2)n1. The fourth-order valence-corrected chi connectivity index (χ4v) is 2.15. The summed E-state index contributed by atoms with van der Waals surface area (Å²) in [6, 6.07) is 9.02. The van der Waals surface area contributed by atoms with Gasteiger partial charge >= 0.3 is 5.97 Å². The molecule has 6 nitrogen and oxygen atoms in total. The van der Waals surface area contributed by atoms with Gasteiger partial charge in [-0.2, -0.15) is 0 Å². The summed E-state index contributed by atoms with van der Waals surface area (Å²) in [6.07, 6.45) is 0. The highest BCUT2D eigenvalue weighted by Crippen LogP contribution is 2.16. The van der Waals surface area contributed by atoms with Crippen LogP contribution in [0.3, 0.4) is 0 Å². The van der Waals surface area contributed by atoms with Crippen LogP contribution in [0.1, 0.15) is 17.4 Å². The zero-order chi connectivity index (χ0) is 15.1. The molecule has 1 aromatic heterocycles. The van der Waals surface area contributed by atoms with Crippen LogP contribution in [-0.2, 0) is 9.53 Å². The zero-order valence-corrected chi connectivity index (χ0v) is 12.2. The molecule has 0 atom stereocenters. The second kappa shape index (κ2) is 7.39. The summed E-state index contributed by atoms with van der Waals surface area (Å²) in [5, 5.41) is 4.43. The molecule has 7 heteroatoms. The van der Waals surface area contributed by atoms with Crippen LogP contribution < -0.4 is 10.1 Å². The number of para-hydroxylation sites is 1. The Kier molecular flexibility index (Phi) is 5.28. The fraction of sp³-hybridized carbons (Fsp3) is 0.214. The summed E-state index contributed by atoms with van der Waals surface area (Å²) >= 11 is 1.15. The van der Waals surface area contributed by atoms with Gasteiger partial charge in [-0.3, -0.25) is 10.1 Å². The molecule has 1 heterocycles. The van der Waals surface area contributed by atoms with Crippen LogP contribution >= 0.6 is 11.3 Å². The van der Waals surface area contributed by atoms with E-state index in [0.29, 0.717) is 10.9 Å². The number of anilines is 1. The van der Waals surface area contributed by atoms with Crippen molar-refractivity contribution in [3.8, 4) is 5.75 Å². The third-order valence-corrected chi connectivity index (χ3v) is 3.11. The largest absolute Gasteiger partial charge is 0.484 e. The van der Waals surface area contributed by atoms with E-state index in [2.05, 4.69) is 10.3 Å². The average Bonchev–Trinajstić information content (AvgIpc) is 2.95. The first kappa shape index (κ1) is 15.0. The number of carbonyl (C=O) groups excluding carboxylic acids is 2. The lowest BCUT2D eigenvalue weighted by Crippen LogP contribution is -2.20. The normalized spacial score (nSPS) is 9.95. The molecule has 0 bridgehead atoms. The van der Waals surface area contributed by atoms with Crippen LogP contribution in [-0.4, -0.2) is 30.1 Å². The Morgan fingerprint density at radius 3 is 2.76 bits per heavy atom. The molecule has 0 saturated heterocycles. The van der Waals surface area contributed by atoms with Gasteiger partial charge in [0.2, 0.25) is 0 Å². The van der Waals surface area contributed by atoms with Crippen molar-refractivity contribution in [2.45, 2.75) is 6.92 Å². The standard InChI is InChI=1S/C14H14N2O4S/c1-2-19-13(18)11-9-21-14(15-11)16-12(17)8-20-10-6-4-3-5-7-10/h3-7,9H,2,8H2,1H3,(H,15,16,17). The van der Waals surface area contributed by atoms with Crippen molar-refractivity contribution in [3.63, 3.8) is 0 Å². The molecule has 0 spiro atoms. The first-order valence-electron chi connectivity index (χ1n) is 6.29. The number of nitrogens with one attached hydrogen (secondary N) is 1. The summed E-state index contributed by atoms with van der Waals surface area (Å²) in [6.45, 7) is 1.87. The van der Waals surface area contributed by atoms with Crippen molar-refractivity contribution in [1.29, 1.82) is 0 Å². The molecule has 110 valence electrons. The number of nitrogens with zero attached hydrogens (tertiary/aromatic N) is 1. The molecule has 2 aromatic rings. The predicted molar refractivity (Wildman–Crippen MR) is 78.6 cm³/mol. The molecule has 2 rings (SSSR count). The Bertz CT molecular complexity index is 612. The van der Waals surface area contributed by atoms with Gasteiger partial charge in [0.25, 0.3) is 5.91 Å². The van der Waals surface area contributed by atoms with E-state index in [9.17, 15) is 9.59 Å². The van der Waals surface area contributed by atoms with Crippen molar-refractivity contribution in [2.75, 3.05) is 18.5 Å². The maximum atomic E-state index is 11.7. The third-order valence-electron chi connectivity index (χ3n) is 2.35. The van der Waals surface area contributed by atoms with E-state index in [1.165, 1.54) is 5.38 Å². The first-order chi connectivity index (χ1) is 10.2. The Labute approximate surface area is 125 Å². The van der Waals surface area contributed by atoms with Crippen LogP contribution in [0, 0.1) is 0 Å². The summed E-state index contributed by atoms with van der Waals surface area (Å²) in [5.74, 6) is -0.239.